The Balaban J connectivity index is 2.63. The van der Waals surface area contributed by atoms with Gasteiger partial charge in [0.15, 0.2) is 0 Å². The number of hydrogen-bond donors (Lipinski definition) is 1. The highest BCUT2D eigenvalue weighted by Crippen LogP contribution is 2.37. The maximum atomic E-state index is 13.5. The number of rotatable bonds is 4. The average Bonchev–Trinajstić information content (AvgIpc) is 2.48. The van der Waals surface area contributed by atoms with Gasteiger partial charge in [0.2, 0.25) is 0 Å². The first-order valence-corrected chi connectivity index (χ1v) is 7.06. The Morgan fingerprint density at radius 3 is 2.43 bits per heavy atom. The lowest BCUT2D eigenvalue weighted by Gasteiger charge is -2.30. The minimum atomic E-state index is -1.21. The van der Waals surface area contributed by atoms with Crippen LogP contribution in [0.15, 0.2) is 36.4 Å². The molecule has 112 valence electrons. The number of aliphatic hydroxyl groups is 1. The summed E-state index contributed by atoms with van der Waals surface area (Å²) in [6, 6.07) is 9.98. The molecule has 2 nitrogen and oxygen atoms in total. The Hall–Kier alpha value is -1.87. The number of aryl methyl sites for hydroxylation is 2. The van der Waals surface area contributed by atoms with Crippen LogP contribution < -0.4 is 4.74 Å². The molecule has 0 aliphatic heterocycles. The van der Waals surface area contributed by atoms with Gasteiger partial charge in [-0.3, -0.25) is 0 Å². The first-order chi connectivity index (χ1) is 9.92. The SMILES string of the molecule is CCC(O)(c1cccc(F)c1)c1cc(C)c(OC)cc1C. The molecule has 1 N–H and O–H groups in total. The summed E-state index contributed by atoms with van der Waals surface area (Å²) in [5, 5.41) is 11.1. The molecule has 0 bridgehead atoms. The maximum absolute atomic E-state index is 13.5. The van der Waals surface area contributed by atoms with E-state index in [0.717, 1.165) is 22.4 Å². The molecule has 0 heterocycles. The molecule has 1 atom stereocenters. The van der Waals surface area contributed by atoms with E-state index in [0.29, 0.717) is 12.0 Å². The van der Waals surface area contributed by atoms with E-state index in [2.05, 4.69) is 0 Å². The summed E-state index contributed by atoms with van der Waals surface area (Å²) in [6.07, 6.45) is 0.461. The van der Waals surface area contributed by atoms with Crippen molar-refractivity contribution in [1.82, 2.24) is 0 Å². The lowest BCUT2D eigenvalue weighted by atomic mass is 9.81. The first kappa shape index (κ1) is 15.5. The van der Waals surface area contributed by atoms with Gasteiger partial charge in [0.25, 0.3) is 0 Å². The van der Waals surface area contributed by atoms with Gasteiger partial charge < -0.3 is 9.84 Å². The van der Waals surface area contributed by atoms with Gasteiger partial charge in [-0.2, -0.15) is 0 Å². The molecular formula is C18H21FO2. The highest BCUT2D eigenvalue weighted by atomic mass is 19.1. The highest BCUT2D eigenvalue weighted by molar-refractivity contribution is 5.47. The molecule has 0 saturated carbocycles. The Labute approximate surface area is 125 Å². The fraction of sp³-hybridized carbons (Fsp3) is 0.333. The van der Waals surface area contributed by atoms with Crippen LogP contribution in [0, 0.1) is 19.7 Å². The van der Waals surface area contributed by atoms with Crippen molar-refractivity contribution >= 4 is 0 Å². The predicted molar refractivity (Wildman–Crippen MR) is 82.2 cm³/mol. The normalized spacial score (nSPS) is 13.8. The van der Waals surface area contributed by atoms with E-state index in [-0.39, 0.29) is 5.82 Å². The molecule has 0 aliphatic carbocycles. The maximum Gasteiger partial charge on any atom is 0.123 e. The Bertz CT molecular complexity index is 652. The standard InChI is InChI=1S/C18H21FO2/c1-5-18(20,14-7-6-8-15(19)11-14)16-9-13(3)17(21-4)10-12(16)2/h6-11,20H,5H2,1-4H3. The average molecular weight is 288 g/mol. The zero-order valence-electron chi connectivity index (χ0n) is 12.9. The van der Waals surface area contributed by atoms with E-state index < -0.39 is 5.60 Å². The summed E-state index contributed by atoms with van der Waals surface area (Å²) >= 11 is 0. The van der Waals surface area contributed by atoms with Gasteiger partial charge in [-0.1, -0.05) is 19.1 Å². The molecule has 0 spiro atoms. The van der Waals surface area contributed by atoms with Gasteiger partial charge in [-0.05, 0) is 66.8 Å². The summed E-state index contributed by atoms with van der Waals surface area (Å²) < 4.78 is 18.8. The fourth-order valence-corrected chi connectivity index (χ4v) is 2.75. The zero-order chi connectivity index (χ0) is 15.6. The summed E-state index contributed by atoms with van der Waals surface area (Å²) in [5.41, 5.74) is 2.02. The molecular weight excluding hydrogens is 267 g/mol. The summed E-state index contributed by atoms with van der Waals surface area (Å²) in [5.74, 6) is 0.441. The Morgan fingerprint density at radius 1 is 1.14 bits per heavy atom. The van der Waals surface area contributed by atoms with Gasteiger partial charge >= 0.3 is 0 Å². The highest BCUT2D eigenvalue weighted by Gasteiger charge is 2.32. The van der Waals surface area contributed by atoms with Crippen molar-refractivity contribution in [2.24, 2.45) is 0 Å². The second-order valence-electron chi connectivity index (χ2n) is 5.36. The third kappa shape index (κ3) is 2.79. The van der Waals surface area contributed by atoms with Gasteiger partial charge in [0.1, 0.15) is 17.2 Å². The molecule has 0 saturated heterocycles. The molecule has 21 heavy (non-hydrogen) atoms. The third-order valence-corrected chi connectivity index (χ3v) is 4.00. The van der Waals surface area contributed by atoms with Gasteiger partial charge in [-0.25, -0.2) is 4.39 Å². The van der Waals surface area contributed by atoms with Gasteiger partial charge in [0.05, 0.1) is 7.11 Å². The number of methoxy groups -OCH3 is 1. The summed E-state index contributed by atoms with van der Waals surface area (Å²) in [4.78, 5) is 0. The van der Waals surface area contributed by atoms with E-state index >= 15 is 0 Å². The van der Waals surface area contributed by atoms with E-state index in [1.54, 1.807) is 19.2 Å². The van der Waals surface area contributed by atoms with Crippen LogP contribution in [-0.4, -0.2) is 12.2 Å². The second-order valence-corrected chi connectivity index (χ2v) is 5.36. The molecule has 1 unspecified atom stereocenters. The molecule has 2 rings (SSSR count). The number of hydrogen-bond acceptors (Lipinski definition) is 2. The van der Waals surface area contributed by atoms with Crippen LogP contribution >= 0.6 is 0 Å². The van der Waals surface area contributed by atoms with Crippen LogP contribution in [0.1, 0.15) is 35.6 Å². The van der Waals surface area contributed by atoms with Crippen molar-refractivity contribution in [3.63, 3.8) is 0 Å². The molecule has 0 aromatic heterocycles. The Kier molecular flexibility index (Phi) is 4.33. The molecule has 2 aromatic rings. The van der Waals surface area contributed by atoms with Crippen LogP contribution in [-0.2, 0) is 5.60 Å². The van der Waals surface area contributed by atoms with Crippen LogP contribution in [0.3, 0.4) is 0 Å². The van der Waals surface area contributed by atoms with Crippen LogP contribution in [0.5, 0.6) is 5.75 Å². The lowest BCUT2D eigenvalue weighted by molar-refractivity contribution is 0.0754. The summed E-state index contributed by atoms with van der Waals surface area (Å²) in [7, 11) is 1.63. The fourth-order valence-electron chi connectivity index (χ4n) is 2.75. The van der Waals surface area contributed by atoms with E-state index in [4.69, 9.17) is 4.74 Å². The smallest absolute Gasteiger partial charge is 0.123 e. The monoisotopic (exact) mass is 288 g/mol. The zero-order valence-corrected chi connectivity index (χ0v) is 12.9. The summed E-state index contributed by atoms with van der Waals surface area (Å²) in [6.45, 7) is 5.75. The predicted octanol–water partition coefficient (Wildman–Crippen LogP) is 4.10. The minimum Gasteiger partial charge on any atom is -0.496 e. The number of halogens is 1. The molecule has 0 aliphatic rings. The van der Waals surface area contributed by atoms with Crippen molar-refractivity contribution in [2.45, 2.75) is 32.8 Å². The van der Waals surface area contributed by atoms with Gasteiger partial charge in [0, 0.05) is 0 Å². The van der Waals surface area contributed by atoms with Gasteiger partial charge in [-0.15, -0.1) is 0 Å². The van der Waals surface area contributed by atoms with E-state index in [9.17, 15) is 9.50 Å². The first-order valence-electron chi connectivity index (χ1n) is 7.06. The van der Waals surface area contributed by atoms with Crippen molar-refractivity contribution in [3.05, 3.63) is 64.5 Å². The molecule has 2 aromatic carbocycles. The van der Waals surface area contributed by atoms with E-state index in [1.807, 2.05) is 32.9 Å². The molecule has 3 heteroatoms. The van der Waals surface area contributed by atoms with E-state index in [1.165, 1.54) is 12.1 Å². The van der Waals surface area contributed by atoms with Crippen LogP contribution in [0.4, 0.5) is 4.39 Å². The largest absolute Gasteiger partial charge is 0.496 e. The topological polar surface area (TPSA) is 29.5 Å². The number of ether oxygens (including phenoxy) is 1. The lowest BCUT2D eigenvalue weighted by Crippen LogP contribution is -2.27. The molecule has 0 fully saturated rings. The third-order valence-electron chi connectivity index (χ3n) is 4.00. The van der Waals surface area contributed by atoms with Crippen molar-refractivity contribution in [1.29, 1.82) is 0 Å². The van der Waals surface area contributed by atoms with Crippen LogP contribution in [0.2, 0.25) is 0 Å². The minimum absolute atomic E-state index is 0.345. The van der Waals surface area contributed by atoms with Crippen molar-refractivity contribution < 1.29 is 14.2 Å². The van der Waals surface area contributed by atoms with Crippen molar-refractivity contribution in [3.8, 4) is 5.75 Å². The van der Waals surface area contributed by atoms with Crippen LogP contribution in [0.25, 0.3) is 0 Å². The number of benzene rings is 2. The molecule has 0 amide bonds. The van der Waals surface area contributed by atoms with Crippen molar-refractivity contribution in [2.75, 3.05) is 7.11 Å². The second kappa shape index (κ2) is 5.86. The quantitative estimate of drug-likeness (QED) is 0.918. The molecule has 0 radical (unpaired) electrons. The Morgan fingerprint density at radius 2 is 1.86 bits per heavy atom.